The molecule has 3 rings (SSSR count). The molecule has 0 radical (unpaired) electrons. The SMILES string of the molecule is O=C(COC(=O)c1ccc2nc[nH]c2c1)NC1CCCCCC1. The number of ether oxygens (including phenoxy) is 1. The van der Waals surface area contributed by atoms with Crippen molar-refractivity contribution in [1.29, 1.82) is 0 Å². The Hall–Kier alpha value is -2.37. The lowest BCUT2D eigenvalue weighted by molar-refractivity contribution is -0.125. The molecule has 0 atom stereocenters. The van der Waals surface area contributed by atoms with Gasteiger partial charge in [-0.05, 0) is 31.0 Å². The monoisotopic (exact) mass is 315 g/mol. The van der Waals surface area contributed by atoms with Gasteiger partial charge in [0.2, 0.25) is 0 Å². The Labute approximate surface area is 134 Å². The number of nitrogens with zero attached hydrogens (tertiary/aromatic N) is 1. The molecule has 0 spiro atoms. The fourth-order valence-electron chi connectivity index (χ4n) is 2.97. The number of carbonyl (C=O) groups is 2. The number of hydrogen-bond donors (Lipinski definition) is 2. The van der Waals surface area contributed by atoms with E-state index in [9.17, 15) is 9.59 Å². The van der Waals surface area contributed by atoms with E-state index < -0.39 is 5.97 Å². The number of benzene rings is 1. The van der Waals surface area contributed by atoms with Gasteiger partial charge in [-0.2, -0.15) is 0 Å². The van der Waals surface area contributed by atoms with Crippen molar-refractivity contribution in [2.45, 2.75) is 44.6 Å². The van der Waals surface area contributed by atoms with E-state index in [1.54, 1.807) is 24.5 Å². The number of esters is 1. The van der Waals surface area contributed by atoms with E-state index in [0.717, 1.165) is 36.7 Å². The van der Waals surface area contributed by atoms with Gasteiger partial charge in [-0.15, -0.1) is 0 Å². The van der Waals surface area contributed by atoms with Crippen molar-refractivity contribution in [1.82, 2.24) is 15.3 Å². The first-order chi connectivity index (χ1) is 11.2. The summed E-state index contributed by atoms with van der Waals surface area (Å²) in [5.41, 5.74) is 1.96. The van der Waals surface area contributed by atoms with Crippen LogP contribution in [-0.4, -0.2) is 34.5 Å². The molecule has 2 aromatic rings. The van der Waals surface area contributed by atoms with Crippen LogP contribution in [0.25, 0.3) is 11.0 Å². The number of carbonyl (C=O) groups excluding carboxylic acids is 2. The average molecular weight is 315 g/mol. The molecule has 122 valence electrons. The number of aromatic amines is 1. The smallest absolute Gasteiger partial charge is 0.338 e. The van der Waals surface area contributed by atoms with Gasteiger partial charge in [0.1, 0.15) is 0 Å². The fourth-order valence-corrected chi connectivity index (χ4v) is 2.97. The van der Waals surface area contributed by atoms with E-state index in [2.05, 4.69) is 15.3 Å². The third kappa shape index (κ3) is 4.09. The van der Waals surface area contributed by atoms with Gasteiger partial charge in [0.15, 0.2) is 6.61 Å². The molecule has 6 nitrogen and oxygen atoms in total. The first kappa shape index (κ1) is 15.5. The summed E-state index contributed by atoms with van der Waals surface area (Å²) in [7, 11) is 0. The Morgan fingerprint density at radius 3 is 2.78 bits per heavy atom. The molecule has 1 amide bonds. The molecule has 1 heterocycles. The number of aromatic nitrogens is 2. The standard InChI is InChI=1S/C17H21N3O3/c21-16(20-13-5-3-1-2-4-6-13)10-23-17(22)12-7-8-14-15(9-12)19-11-18-14/h7-9,11,13H,1-6,10H2,(H,18,19)(H,20,21). The minimum absolute atomic E-state index is 0.213. The second-order valence-corrected chi connectivity index (χ2v) is 5.97. The molecule has 0 bridgehead atoms. The van der Waals surface area contributed by atoms with Crippen molar-refractivity contribution in [2.24, 2.45) is 0 Å². The third-order valence-corrected chi connectivity index (χ3v) is 4.21. The molecule has 6 heteroatoms. The number of nitrogens with one attached hydrogen (secondary N) is 2. The second-order valence-electron chi connectivity index (χ2n) is 5.97. The average Bonchev–Trinajstić information content (AvgIpc) is 2.88. The predicted molar refractivity (Wildman–Crippen MR) is 86.0 cm³/mol. The molecule has 1 aliphatic carbocycles. The van der Waals surface area contributed by atoms with Crippen molar-refractivity contribution in [2.75, 3.05) is 6.61 Å². The van der Waals surface area contributed by atoms with E-state index in [1.165, 1.54) is 12.8 Å². The summed E-state index contributed by atoms with van der Waals surface area (Å²) < 4.78 is 5.10. The van der Waals surface area contributed by atoms with Crippen LogP contribution in [-0.2, 0) is 9.53 Å². The van der Waals surface area contributed by atoms with Gasteiger partial charge in [-0.25, -0.2) is 9.78 Å². The maximum Gasteiger partial charge on any atom is 0.338 e. The van der Waals surface area contributed by atoms with Crippen molar-refractivity contribution < 1.29 is 14.3 Å². The molecular weight excluding hydrogens is 294 g/mol. The lowest BCUT2D eigenvalue weighted by atomic mass is 10.1. The number of hydrogen-bond acceptors (Lipinski definition) is 4. The Morgan fingerprint density at radius 1 is 1.22 bits per heavy atom. The van der Waals surface area contributed by atoms with Crippen LogP contribution in [0.5, 0.6) is 0 Å². The summed E-state index contributed by atoms with van der Waals surface area (Å²) in [5, 5.41) is 2.96. The molecule has 2 N–H and O–H groups in total. The maximum absolute atomic E-state index is 12.0. The zero-order chi connectivity index (χ0) is 16.1. The molecule has 1 fully saturated rings. The van der Waals surface area contributed by atoms with Crippen LogP contribution in [0.3, 0.4) is 0 Å². The van der Waals surface area contributed by atoms with Gasteiger partial charge >= 0.3 is 5.97 Å². The van der Waals surface area contributed by atoms with Gasteiger partial charge in [0.05, 0.1) is 22.9 Å². The van der Waals surface area contributed by atoms with E-state index in [4.69, 9.17) is 4.74 Å². The molecule has 1 aliphatic rings. The second kappa shape index (κ2) is 7.26. The molecule has 0 unspecified atom stereocenters. The number of fused-ring (bicyclic) bond motifs is 1. The topological polar surface area (TPSA) is 84.1 Å². The molecule has 1 aromatic heterocycles. The van der Waals surface area contributed by atoms with Crippen LogP contribution < -0.4 is 5.32 Å². The van der Waals surface area contributed by atoms with Crippen LogP contribution in [0.2, 0.25) is 0 Å². The normalized spacial score (nSPS) is 16.0. The van der Waals surface area contributed by atoms with Crippen molar-refractivity contribution >= 4 is 22.9 Å². The van der Waals surface area contributed by atoms with Gasteiger partial charge in [0.25, 0.3) is 5.91 Å². The predicted octanol–water partition coefficient (Wildman–Crippen LogP) is 2.56. The van der Waals surface area contributed by atoms with Crippen molar-refractivity contribution in [3.63, 3.8) is 0 Å². The Morgan fingerprint density at radius 2 is 2.00 bits per heavy atom. The van der Waals surface area contributed by atoms with Crippen LogP contribution >= 0.6 is 0 Å². The van der Waals surface area contributed by atoms with E-state index in [0.29, 0.717) is 5.56 Å². The van der Waals surface area contributed by atoms with E-state index >= 15 is 0 Å². The van der Waals surface area contributed by atoms with Crippen molar-refractivity contribution in [3.8, 4) is 0 Å². The molecule has 0 saturated heterocycles. The highest BCUT2D eigenvalue weighted by molar-refractivity contribution is 5.94. The molecule has 23 heavy (non-hydrogen) atoms. The van der Waals surface area contributed by atoms with Crippen LogP contribution in [0.1, 0.15) is 48.9 Å². The van der Waals surface area contributed by atoms with Crippen LogP contribution in [0.4, 0.5) is 0 Å². The Kier molecular flexibility index (Phi) is 4.90. The van der Waals surface area contributed by atoms with E-state index in [1.807, 2.05) is 0 Å². The minimum atomic E-state index is -0.502. The van der Waals surface area contributed by atoms with Crippen LogP contribution in [0, 0.1) is 0 Å². The first-order valence-corrected chi connectivity index (χ1v) is 8.12. The largest absolute Gasteiger partial charge is 0.452 e. The molecule has 1 saturated carbocycles. The number of imidazole rings is 1. The summed E-state index contributed by atoms with van der Waals surface area (Å²) in [6.45, 7) is -0.240. The number of H-pyrrole nitrogens is 1. The van der Waals surface area contributed by atoms with E-state index in [-0.39, 0.29) is 18.6 Å². The van der Waals surface area contributed by atoms with Gasteiger partial charge in [0, 0.05) is 6.04 Å². The van der Waals surface area contributed by atoms with Crippen LogP contribution in [0.15, 0.2) is 24.5 Å². The minimum Gasteiger partial charge on any atom is -0.452 e. The quantitative estimate of drug-likeness (QED) is 0.671. The summed E-state index contributed by atoms with van der Waals surface area (Å²) in [4.78, 5) is 31.0. The highest BCUT2D eigenvalue weighted by Crippen LogP contribution is 2.17. The molecular formula is C17H21N3O3. The summed E-state index contributed by atoms with van der Waals surface area (Å²) in [6, 6.07) is 5.28. The number of amides is 1. The van der Waals surface area contributed by atoms with Gasteiger partial charge in [-0.3, -0.25) is 4.79 Å². The summed E-state index contributed by atoms with van der Waals surface area (Å²) in [6.07, 6.45) is 8.35. The third-order valence-electron chi connectivity index (χ3n) is 4.21. The highest BCUT2D eigenvalue weighted by atomic mass is 16.5. The van der Waals surface area contributed by atoms with Crippen molar-refractivity contribution in [3.05, 3.63) is 30.1 Å². The highest BCUT2D eigenvalue weighted by Gasteiger charge is 2.16. The lowest BCUT2D eigenvalue weighted by Crippen LogP contribution is -2.37. The van der Waals surface area contributed by atoms with Gasteiger partial charge in [-0.1, -0.05) is 25.7 Å². The first-order valence-electron chi connectivity index (χ1n) is 8.12. The maximum atomic E-state index is 12.0. The summed E-state index contributed by atoms with van der Waals surface area (Å²) in [5.74, 6) is -0.731. The Bertz CT molecular complexity index is 687. The Balaban J connectivity index is 1.50. The lowest BCUT2D eigenvalue weighted by Gasteiger charge is -2.16. The zero-order valence-corrected chi connectivity index (χ0v) is 13.0. The zero-order valence-electron chi connectivity index (χ0n) is 13.0. The molecule has 0 aliphatic heterocycles. The number of rotatable bonds is 4. The fraction of sp³-hybridized carbons (Fsp3) is 0.471. The summed E-state index contributed by atoms with van der Waals surface area (Å²) >= 11 is 0. The molecule has 1 aromatic carbocycles. The van der Waals surface area contributed by atoms with Gasteiger partial charge < -0.3 is 15.0 Å².